The Hall–Kier alpha value is -2.02. The topological polar surface area (TPSA) is 109 Å². The molecule has 1 aromatic heterocycles. The molecule has 3 heterocycles. The molecule has 2 fully saturated rings. The van der Waals surface area contributed by atoms with Gasteiger partial charge in [-0.1, -0.05) is 0 Å². The molecule has 0 saturated carbocycles. The van der Waals surface area contributed by atoms with E-state index in [2.05, 4.69) is 9.88 Å². The van der Waals surface area contributed by atoms with Gasteiger partial charge in [-0.05, 0) is 31.4 Å². The number of aliphatic hydroxyl groups excluding tert-OH is 1. The zero-order valence-electron chi connectivity index (χ0n) is 12.6. The summed E-state index contributed by atoms with van der Waals surface area (Å²) in [6, 6.07) is 3.60. The van der Waals surface area contributed by atoms with Gasteiger partial charge < -0.3 is 26.4 Å². The quantitative estimate of drug-likeness (QED) is 0.713. The van der Waals surface area contributed by atoms with Gasteiger partial charge in [-0.3, -0.25) is 4.79 Å². The van der Waals surface area contributed by atoms with Gasteiger partial charge in [0, 0.05) is 26.2 Å². The minimum Gasteiger partial charge on any atom is -0.396 e. The molecular formula is C15H23N5O2. The maximum absolute atomic E-state index is 12.6. The fraction of sp³-hybridized carbons (Fsp3) is 0.600. The first-order chi connectivity index (χ1) is 10.5. The molecule has 5 N–H and O–H groups in total. The van der Waals surface area contributed by atoms with Crippen molar-refractivity contribution in [3.63, 3.8) is 0 Å². The average molecular weight is 305 g/mol. The number of anilines is 3. The summed E-state index contributed by atoms with van der Waals surface area (Å²) in [6.45, 7) is 2.62. The number of aromatic nitrogens is 1. The number of carbonyl (C=O) groups is 1. The van der Waals surface area contributed by atoms with Crippen molar-refractivity contribution >= 4 is 23.2 Å². The van der Waals surface area contributed by atoms with Crippen LogP contribution in [0.15, 0.2) is 12.1 Å². The van der Waals surface area contributed by atoms with Crippen molar-refractivity contribution in [2.45, 2.75) is 25.4 Å². The minimum absolute atomic E-state index is 0.0420. The van der Waals surface area contributed by atoms with E-state index >= 15 is 0 Å². The standard InChI is InChI=1S/C15H23N5O2/c16-12-3-4-13(18-14(12)17)19-6-1-2-10(8-19)15(22)20-7-5-11(21)9-20/h3-4,10-11,21H,1-2,5-9,16H2,(H2,17,18). The number of hydrogen-bond donors (Lipinski definition) is 3. The summed E-state index contributed by atoms with van der Waals surface area (Å²) in [7, 11) is 0. The summed E-state index contributed by atoms with van der Waals surface area (Å²) in [6.07, 6.45) is 2.13. The summed E-state index contributed by atoms with van der Waals surface area (Å²) in [4.78, 5) is 20.8. The number of β-amino-alcohol motifs (C(OH)–C–C–N with tert-alkyl or cyclic N) is 1. The number of nitrogen functional groups attached to an aromatic ring is 2. The van der Waals surface area contributed by atoms with E-state index in [1.54, 1.807) is 11.0 Å². The Balaban J connectivity index is 1.68. The van der Waals surface area contributed by atoms with E-state index in [1.165, 1.54) is 0 Å². The van der Waals surface area contributed by atoms with Crippen molar-refractivity contribution in [2.24, 2.45) is 5.92 Å². The van der Waals surface area contributed by atoms with Crippen molar-refractivity contribution in [2.75, 3.05) is 42.5 Å². The van der Waals surface area contributed by atoms with Gasteiger partial charge in [0.25, 0.3) is 0 Å². The predicted molar refractivity (Wildman–Crippen MR) is 85.2 cm³/mol. The van der Waals surface area contributed by atoms with Crippen molar-refractivity contribution < 1.29 is 9.90 Å². The number of likely N-dealkylation sites (tertiary alicyclic amines) is 1. The zero-order valence-corrected chi connectivity index (χ0v) is 12.6. The molecule has 2 atom stereocenters. The Morgan fingerprint density at radius 3 is 2.73 bits per heavy atom. The van der Waals surface area contributed by atoms with Gasteiger partial charge in [-0.2, -0.15) is 0 Å². The molecule has 120 valence electrons. The van der Waals surface area contributed by atoms with Crippen LogP contribution in [0.25, 0.3) is 0 Å². The number of nitrogens with two attached hydrogens (primary N) is 2. The Morgan fingerprint density at radius 1 is 1.23 bits per heavy atom. The maximum atomic E-state index is 12.6. The highest BCUT2D eigenvalue weighted by molar-refractivity contribution is 5.80. The molecule has 0 radical (unpaired) electrons. The first-order valence-electron chi connectivity index (χ1n) is 7.78. The number of piperidine rings is 1. The van der Waals surface area contributed by atoms with Crippen molar-refractivity contribution in [1.82, 2.24) is 9.88 Å². The Morgan fingerprint density at radius 2 is 2.05 bits per heavy atom. The predicted octanol–water partition coefficient (Wildman–Crippen LogP) is 0.0556. The largest absolute Gasteiger partial charge is 0.396 e. The summed E-state index contributed by atoms with van der Waals surface area (Å²) in [5.41, 5.74) is 11.9. The van der Waals surface area contributed by atoms with Crippen LogP contribution in [0.5, 0.6) is 0 Å². The molecular weight excluding hydrogens is 282 g/mol. The molecule has 22 heavy (non-hydrogen) atoms. The maximum Gasteiger partial charge on any atom is 0.227 e. The lowest BCUT2D eigenvalue weighted by Gasteiger charge is -2.34. The first kappa shape index (κ1) is 14.9. The van der Waals surface area contributed by atoms with E-state index in [-0.39, 0.29) is 17.9 Å². The van der Waals surface area contributed by atoms with E-state index in [4.69, 9.17) is 11.5 Å². The van der Waals surface area contributed by atoms with E-state index in [0.29, 0.717) is 37.6 Å². The van der Waals surface area contributed by atoms with Gasteiger partial charge in [0.2, 0.25) is 5.91 Å². The van der Waals surface area contributed by atoms with Crippen LogP contribution in [-0.2, 0) is 4.79 Å². The highest BCUT2D eigenvalue weighted by atomic mass is 16.3. The van der Waals surface area contributed by atoms with Crippen LogP contribution in [0.3, 0.4) is 0 Å². The molecule has 7 nitrogen and oxygen atoms in total. The zero-order chi connectivity index (χ0) is 15.7. The van der Waals surface area contributed by atoms with Crippen molar-refractivity contribution in [1.29, 1.82) is 0 Å². The lowest BCUT2D eigenvalue weighted by atomic mass is 9.96. The number of aliphatic hydroxyl groups is 1. The molecule has 3 rings (SSSR count). The van der Waals surface area contributed by atoms with Crippen LogP contribution in [0.1, 0.15) is 19.3 Å². The molecule has 2 saturated heterocycles. The van der Waals surface area contributed by atoms with Gasteiger partial charge in [-0.15, -0.1) is 0 Å². The van der Waals surface area contributed by atoms with Crippen molar-refractivity contribution in [3.8, 4) is 0 Å². The number of amides is 1. The third kappa shape index (κ3) is 2.94. The van der Waals surface area contributed by atoms with E-state index < -0.39 is 0 Å². The molecule has 1 amide bonds. The number of nitrogens with zero attached hydrogens (tertiary/aromatic N) is 3. The van der Waals surface area contributed by atoms with E-state index in [0.717, 1.165) is 25.2 Å². The Bertz CT molecular complexity index is 565. The van der Waals surface area contributed by atoms with Crippen molar-refractivity contribution in [3.05, 3.63) is 12.1 Å². The number of carbonyl (C=O) groups excluding carboxylic acids is 1. The highest BCUT2D eigenvalue weighted by Gasteiger charge is 2.33. The van der Waals surface area contributed by atoms with Gasteiger partial charge >= 0.3 is 0 Å². The minimum atomic E-state index is -0.373. The molecule has 0 bridgehead atoms. The summed E-state index contributed by atoms with van der Waals surface area (Å²) < 4.78 is 0. The van der Waals surface area contributed by atoms with E-state index in [9.17, 15) is 9.90 Å². The third-order valence-electron chi connectivity index (χ3n) is 4.51. The smallest absolute Gasteiger partial charge is 0.227 e. The molecule has 2 unspecified atom stereocenters. The van der Waals surface area contributed by atoms with Crippen LogP contribution in [0.4, 0.5) is 17.3 Å². The first-order valence-corrected chi connectivity index (χ1v) is 7.78. The molecule has 0 aliphatic carbocycles. The van der Waals surface area contributed by atoms with Gasteiger partial charge in [0.05, 0.1) is 17.7 Å². The van der Waals surface area contributed by atoms with Gasteiger partial charge in [0.1, 0.15) is 11.6 Å². The molecule has 2 aliphatic rings. The molecule has 1 aromatic rings. The monoisotopic (exact) mass is 305 g/mol. The lowest BCUT2D eigenvalue weighted by Crippen LogP contribution is -2.44. The van der Waals surface area contributed by atoms with Gasteiger partial charge in [-0.25, -0.2) is 4.98 Å². The average Bonchev–Trinajstić information content (AvgIpc) is 2.96. The normalized spacial score (nSPS) is 25.5. The van der Waals surface area contributed by atoms with Crippen LogP contribution in [0, 0.1) is 5.92 Å². The summed E-state index contributed by atoms with van der Waals surface area (Å²) in [5.74, 6) is 1.20. The van der Waals surface area contributed by atoms with Gasteiger partial charge in [0.15, 0.2) is 0 Å². The second-order valence-electron chi connectivity index (χ2n) is 6.16. The van der Waals surface area contributed by atoms with Crippen LogP contribution < -0.4 is 16.4 Å². The lowest BCUT2D eigenvalue weighted by molar-refractivity contribution is -0.135. The summed E-state index contributed by atoms with van der Waals surface area (Å²) in [5, 5.41) is 9.59. The summed E-state index contributed by atoms with van der Waals surface area (Å²) >= 11 is 0. The molecule has 2 aliphatic heterocycles. The number of hydrogen-bond acceptors (Lipinski definition) is 6. The number of rotatable bonds is 2. The number of pyridine rings is 1. The highest BCUT2D eigenvalue weighted by Crippen LogP contribution is 2.26. The second-order valence-corrected chi connectivity index (χ2v) is 6.16. The second kappa shape index (κ2) is 6.00. The Kier molecular flexibility index (Phi) is 4.06. The van der Waals surface area contributed by atoms with Crippen LogP contribution in [-0.4, -0.2) is 53.2 Å². The van der Waals surface area contributed by atoms with Crippen LogP contribution >= 0.6 is 0 Å². The Labute approximate surface area is 129 Å². The fourth-order valence-electron chi connectivity index (χ4n) is 3.24. The third-order valence-corrected chi connectivity index (χ3v) is 4.51. The molecule has 7 heteroatoms. The van der Waals surface area contributed by atoms with Crippen LogP contribution in [0.2, 0.25) is 0 Å². The van der Waals surface area contributed by atoms with E-state index in [1.807, 2.05) is 6.07 Å². The fourth-order valence-corrected chi connectivity index (χ4v) is 3.24. The molecule has 0 spiro atoms. The SMILES string of the molecule is Nc1ccc(N2CCCC(C(=O)N3CCC(O)C3)C2)nc1N. The molecule has 0 aromatic carbocycles.